The number of thioether (sulfide) groups is 1. The molecule has 27 heavy (non-hydrogen) atoms. The van der Waals surface area contributed by atoms with Crippen molar-refractivity contribution >= 4 is 61.8 Å². The maximum atomic E-state index is 12.8. The number of hydrogen-bond donors (Lipinski definition) is 1. The van der Waals surface area contributed by atoms with E-state index in [-0.39, 0.29) is 23.3 Å². The van der Waals surface area contributed by atoms with Gasteiger partial charge in [-0.3, -0.25) is 14.2 Å². The van der Waals surface area contributed by atoms with E-state index in [1.807, 2.05) is 26.0 Å². The molecule has 0 atom stereocenters. The van der Waals surface area contributed by atoms with Gasteiger partial charge < -0.3 is 5.32 Å². The number of rotatable bonds is 5. The van der Waals surface area contributed by atoms with Crippen LogP contribution in [0, 0.1) is 0 Å². The van der Waals surface area contributed by atoms with E-state index in [0.717, 1.165) is 4.47 Å². The second-order valence-electron chi connectivity index (χ2n) is 6.14. The Morgan fingerprint density at radius 3 is 2.74 bits per heavy atom. The first-order valence-corrected chi connectivity index (χ1v) is 10.4. The number of anilines is 1. The van der Waals surface area contributed by atoms with Gasteiger partial charge in [0.1, 0.15) is 0 Å². The van der Waals surface area contributed by atoms with Gasteiger partial charge in [-0.05, 0) is 44.2 Å². The number of hydrogen-bond acceptors (Lipinski definition) is 4. The van der Waals surface area contributed by atoms with Crippen molar-refractivity contribution in [1.82, 2.24) is 9.55 Å². The highest BCUT2D eigenvalue weighted by Gasteiger charge is 2.15. The Hall–Kier alpha value is -1.83. The molecule has 0 radical (unpaired) electrons. The molecule has 0 aliphatic heterocycles. The van der Waals surface area contributed by atoms with Crippen LogP contribution in [0.4, 0.5) is 5.69 Å². The smallest absolute Gasteiger partial charge is 0.262 e. The Kier molecular flexibility index (Phi) is 6.24. The lowest BCUT2D eigenvalue weighted by molar-refractivity contribution is -0.113. The highest BCUT2D eigenvalue weighted by atomic mass is 79.9. The summed E-state index contributed by atoms with van der Waals surface area (Å²) >= 11 is 10.7. The second-order valence-corrected chi connectivity index (χ2v) is 8.41. The van der Waals surface area contributed by atoms with Gasteiger partial charge in [-0.25, -0.2) is 4.98 Å². The van der Waals surface area contributed by atoms with Crippen molar-refractivity contribution in [2.24, 2.45) is 0 Å². The number of halogens is 2. The molecule has 0 spiro atoms. The van der Waals surface area contributed by atoms with Crippen LogP contribution in [0.1, 0.15) is 19.9 Å². The van der Waals surface area contributed by atoms with Gasteiger partial charge in [0.2, 0.25) is 5.91 Å². The summed E-state index contributed by atoms with van der Waals surface area (Å²) in [6.07, 6.45) is 0. The number of carbonyl (C=O) groups excluding carboxylic acids is 1. The molecule has 0 fully saturated rings. The molecule has 2 aromatic carbocycles. The molecule has 1 N–H and O–H groups in total. The van der Waals surface area contributed by atoms with Crippen LogP contribution < -0.4 is 10.9 Å². The predicted molar refractivity (Wildman–Crippen MR) is 115 cm³/mol. The van der Waals surface area contributed by atoms with Crippen LogP contribution in [0.2, 0.25) is 5.02 Å². The van der Waals surface area contributed by atoms with E-state index in [1.54, 1.807) is 34.9 Å². The molecule has 3 aromatic rings. The quantitative estimate of drug-likeness (QED) is 0.418. The molecule has 0 saturated carbocycles. The third-order valence-electron chi connectivity index (χ3n) is 3.83. The molecular weight excluding hydrogens is 450 g/mol. The number of carbonyl (C=O) groups is 1. The summed E-state index contributed by atoms with van der Waals surface area (Å²) in [4.78, 5) is 29.7. The molecule has 0 aliphatic carbocycles. The lowest BCUT2D eigenvalue weighted by Crippen LogP contribution is -2.25. The highest BCUT2D eigenvalue weighted by molar-refractivity contribution is 9.10. The number of benzene rings is 2. The molecule has 0 saturated heterocycles. The molecular formula is C19H17BrClN3O2S. The SMILES string of the molecule is CC(C)n1c(SCC(=O)Nc2ccc(Br)cc2Cl)nc2ccccc2c1=O. The van der Waals surface area contributed by atoms with Gasteiger partial charge in [0.15, 0.2) is 5.16 Å². The molecule has 1 amide bonds. The maximum absolute atomic E-state index is 12.8. The Balaban J connectivity index is 1.82. The first kappa shape index (κ1) is 19.9. The molecule has 1 aromatic heterocycles. The zero-order chi connectivity index (χ0) is 19.6. The summed E-state index contributed by atoms with van der Waals surface area (Å²) in [5.74, 6) is -0.105. The van der Waals surface area contributed by atoms with Gasteiger partial charge in [0.25, 0.3) is 5.56 Å². The second kappa shape index (κ2) is 8.46. The molecule has 3 rings (SSSR count). The summed E-state index contributed by atoms with van der Waals surface area (Å²) < 4.78 is 2.45. The van der Waals surface area contributed by atoms with Crippen molar-refractivity contribution < 1.29 is 4.79 Å². The molecule has 140 valence electrons. The van der Waals surface area contributed by atoms with Crippen molar-refractivity contribution in [2.75, 3.05) is 11.1 Å². The number of nitrogens with one attached hydrogen (secondary N) is 1. The first-order chi connectivity index (χ1) is 12.9. The fourth-order valence-corrected chi connectivity index (χ4v) is 4.24. The first-order valence-electron chi connectivity index (χ1n) is 8.26. The summed E-state index contributed by atoms with van der Waals surface area (Å²) in [5, 5.41) is 4.32. The van der Waals surface area contributed by atoms with E-state index in [1.165, 1.54) is 11.8 Å². The molecule has 5 nitrogen and oxygen atoms in total. The predicted octanol–water partition coefficient (Wildman–Crippen LogP) is 5.12. The number of amides is 1. The Labute approximate surface area is 174 Å². The Bertz CT molecular complexity index is 1070. The van der Waals surface area contributed by atoms with Crippen LogP contribution in [0.25, 0.3) is 10.9 Å². The third kappa shape index (κ3) is 4.54. The van der Waals surface area contributed by atoms with Crippen LogP contribution in [0.3, 0.4) is 0 Å². The van der Waals surface area contributed by atoms with E-state index in [4.69, 9.17) is 11.6 Å². The Morgan fingerprint density at radius 2 is 2.04 bits per heavy atom. The minimum absolute atomic E-state index is 0.0684. The lowest BCUT2D eigenvalue weighted by Gasteiger charge is -2.16. The van der Waals surface area contributed by atoms with Crippen LogP contribution in [-0.2, 0) is 4.79 Å². The standard InChI is InChI=1S/C19H17BrClN3O2S/c1-11(2)24-18(26)13-5-3-4-6-15(13)23-19(24)27-10-17(25)22-16-8-7-12(20)9-14(16)21/h3-9,11H,10H2,1-2H3,(H,22,25). The molecule has 0 bridgehead atoms. The van der Waals surface area contributed by atoms with Gasteiger partial charge in [0, 0.05) is 10.5 Å². The summed E-state index contributed by atoms with van der Waals surface area (Å²) in [5.41, 5.74) is 1.06. The van der Waals surface area contributed by atoms with E-state index in [9.17, 15) is 9.59 Å². The van der Waals surface area contributed by atoms with Gasteiger partial charge in [-0.2, -0.15) is 0 Å². The molecule has 0 unspecified atom stereocenters. The van der Waals surface area contributed by atoms with Crippen LogP contribution >= 0.6 is 39.3 Å². The number of para-hydroxylation sites is 1. The van der Waals surface area contributed by atoms with Crippen molar-refractivity contribution in [3.63, 3.8) is 0 Å². The molecule has 1 heterocycles. The fraction of sp³-hybridized carbons (Fsp3) is 0.211. The zero-order valence-corrected chi connectivity index (χ0v) is 17.9. The van der Waals surface area contributed by atoms with Gasteiger partial charge in [-0.1, -0.05) is 51.4 Å². The van der Waals surface area contributed by atoms with Crippen LogP contribution in [-0.4, -0.2) is 21.2 Å². The van der Waals surface area contributed by atoms with Gasteiger partial charge in [-0.15, -0.1) is 0 Å². The highest BCUT2D eigenvalue weighted by Crippen LogP contribution is 2.26. The minimum atomic E-state index is -0.220. The van der Waals surface area contributed by atoms with Gasteiger partial charge in [0.05, 0.1) is 27.4 Å². The summed E-state index contributed by atoms with van der Waals surface area (Å²) in [6.45, 7) is 3.84. The molecule has 0 aliphatic rings. The maximum Gasteiger partial charge on any atom is 0.262 e. The fourth-order valence-electron chi connectivity index (χ4n) is 2.59. The van der Waals surface area contributed by atoms with Crippen molar-refractivity contribution in [1.29, 1.82) is 0 Å². The minimum Gasteiger partial charge on any atom is -0.324 e. The molecule has 8 heteroatoms. The van der Waals surface area contributed by atoms with Crippen molar-refractivity contribution in [3.8, 4) is 0 Å². The van der Waals surface area contributed by atoms with Crippen LogP contribution in [0.15, 0.2) is 56.9 Å². The average molecular weight is 467 g/mol. The lowest BCUT2D eigenvalue weighted by atomic mass is 10.2. The monoisotopic (exact) mass is 465 g/mol. The van der Waals surface area contributed by atoms with E-state index < -0.39 is 0 Å². The van der Waals surface area contributed by atoms with Crippen LogP contribution in [0.5, 0.6) is 0 Å². The Morgan fingerprint density at radius 1 is 1.30 bits per heavy atom. The van der Waals surface area contributed by atoms with E-state index in [2.05, 4.69) is 26.2 Å². The number of nitrogens with zero attached hydrogens (tertiary/aromatic N) is 2. The van der Waals surface area contributed by atoms with E-state index >= 15 is 0 Å². The number of aromatic nitrogens is 2. The van der Waals surface area contributed by atoms with Crippen molar-refractivity contribution in [2.45, 2.75) is 25.0 Å². The largest absolute Gasteiger partial charge is 0.324 e. The average Bonchev–Trinajstić information content (AvgIpc) is 2.62. The third-order valence-corrected chi connectivity index (χ3v) is 5.59. The topological polar surface area (TPSA) is 64.0 Å². The summed E-state index contributed by atoms with van der Waals surface area (Å²) in [7, 11) is 0. The number of fused-ring (bicyclic) bond motifs is 1. The zero-order valence-electron chi connectivity index (χ0n) is 14.7. The van der Waals surface area contributed by atoms with Gasteiger partial charge >= 0.3 is 0 Å². The van der Waals surface area contributed by atoms with E-state index in [0.29, 0.717) is 26.8 Å². The summed E-state index contributed by atoms with van der Waals surface area (Å²) in [6, 6.07) is 12.4. The normalized spacial score (nSPS) is 11.1. The van der Waals surface area contributed by atoms with Crippen molar-refractivity contribution in [3.05, 3.63) is 62.3 Å².